The van der Waals surface area contributed by atoms with Gasteiger partial charge in [0.15, 0.2) is 11.4 Å². The molecule has 1 unspecified atom stereocenters. The Balaban J connectivity index is 1.82. The van der Waals surface area contributed by atoms with Crippen molar-refractivity contribution in [2.75, 3.05) is 0 Å². The van der Waals surface area contributed by atoms with Gasteiger partial charge >= 0.3 is 0 Å². The topological polar surface area (TPSA) is 60.4 Å². The molecule has 4 rings (SSSR count). The average molecular weight is 267 g/mol. The number of fused-ring (bicyclic) bond motifs is 2. The first-order valence-corrected chi connectivity index (χ1v) is 6.63. The molecular weight excluding hydrogens is 254 g/mol. The van der Waals surface area contributed by atoms with Crippen molar-refractivity contribution in [1.29, 1.82) is 0 Å². The van der Waals surface area contributed by atoms with Crippen LogP contribution in [0.1, 0.15) is 39.8 Å². The average Bonchev–Trinajstić information content (AvgIpc) is 3.04. The molecule has 1 aliphatic rings. The van der Waals surface area contributed by atoms with Crippen molar-refractivity contribution in [2.45, 2.75) is 25.7 Å². The van der Waals surface area contributed by atoms with Crippen molar-refractivity contribution in [2.24, 2.45) is 0 Å². The van der Waals surface area contributed by atoms with Gasteiger partial charge in [-0.15, -0.1) is 0 Å². The number of hydrogen-bond acceptors (Lipinski definition) is 4. The molecule has 0 N–H and O–H groups in total. The Kier molecular flexibility index (Phi) is 2.30. The number of rotatable bonds is 1. The largest absolute Gasteiger partial charge is 0.469 e. The van der Waals surface area contributed by atoms with Gasteiger partial charge in [-0.2, -0.15) is 5.10 Å². The van der Waals surface area contributed by atoms with Gasteiger partial charge in [-0.25, -0.2) is 9.50 Å². The smallest absolute Gasteiger partial charge is 0.167 e. The van der Waals surface area contributed by atoms with E-state index in [0.29, 0.717) is 12.0 Å². The summed E-state index contributed by atoms with van der Waals surface area (Å²) in [6.45, 7) is 1.92. The van der Waals surface area contributed by atoms with Crippen LogP contribution in [0.25, 0.3) is 5.65 Å². The molecule has 0 saturated carbocycles. The highest BCUT2D eigenvalue weighted by atomic mass is 16.3. The van der Waals surface area contributed by atoms with E-state index in [1.165, 1.54) is 0 Å². The fourth-order valence-corrected chi connectivity index (χ4v) is 2.83. The summed E-state index contributed by atoms with van der Waals surface area (Å²) >= 11 is 0. The lowest BCUT2D eigenvalue weighted by atomic mass is 9.85. The van der Waals surface area contributed by atoms with Gasteiger partial charge in [0.05, 0.1) is 23.2 Å². The van der Waals surface area contributed by atoms with Crippen molar-refractivity contribution >= 4 is 11.4 Å². The second-order valence-corrected chi connectivity index (χ2v) is 5.23. The number of aromatic nitrogens is 3. The monoisotopic (exact) mass is 267 g/mol. The molecule has 0 fully saturated rings. The molecule has 3 aromatic rings. The van der Waals surface area contributed by atoms with Gasteiger partial charge in [-0.05, 0) is 19.1 Å². The van der Waals surface area contributed by atoms with E-state index in [1.54, 1.807) is 17.0 Å². The number of carbonyl (C=O) groups is 1. The molecular formula is C15H13N3O2. The predicted molar refractivity (Wildman–Crippen MR) is 71.8 cm³/mol. The predicted octanol–water partition coefficient (Wildman–Crippen LogP) is 2.54. The van der Waals surface area contributed by atoms with E-state index in [1.807, 2.05) is 25.1 Å². The van der Waals surface area contributed by atoms with Gasteiger partial charge in [0, 0.05) is 31.0 Å². The molecule has 0 bridgehead atoms. The van der Waals surface area contributed by atoms with Gasteiger partial charge in [-0.1, -0.05) is 0 Å². The highest BCUT2D eigenvalue weighted by Crippen LogP contribution is 2.32. The summed E-state index contributed by atoms with van der Waals surface area (Å²) in [5.41, 5.74) is 3.21. The van der Waals surface area contributed by atoms with Crippen molar-refractivity contribution in [3.8, 4) is 0 Å². The summed E-state index contributed by atoms with van der Waals surface area (Å²) in [6.07, 6.45) is 4.64. The van der Waals surface area contributed by atoms with Gasteiger partial charge in [0.1, 0.15) is 5.76 Å². The summed E-state index contributed by atoms with van der Waals surface area (Å²) in [4.78, 5) is 16.9. The van der Waals surface area contributed by atoms with Crippen LogP contribution in [0.15, 0.2) is 35.1 Å². The fraction of sp³-hybridized carbons (Fsp3) is 0.267. The molecule has 3 heterocycles. The molecule has 100 valence electrons. The minimum atomic E-state index is 0.0870. The van der Waals surface area contributed by atoms with E-state index in [-0.39, 0.29) is 11.7 Å². The van der Waals surface area contributed by atoms with Gasteiger partial charge in [-0.3, -0.25) is 4.79 Å². The van der Waals surface area contributed by atoms with Crippen LogP contribution in [0.4, 0.5) is 0 Å². The Morgan fingerprint density at radius 2 is 2.30 bits per heavy atom. The van der Waals surface area contributed by atoms with Crippen LogP contribution in [0, 0.1) is 6.92 Å². The lowest BCUT2D eigenvalue weighted by Gasteiger charge is -2.21. The zero-order valence-corrected chi connectivity index (χ0v) is 11.0. The van der Waals surface area contributed by atoms with Gasteiger partial charge in [0.25, 0.3) is 0 Å². The Morgan fingerprint density at radius 1 is 1.40 bits per heavy atom. The Morgan fingerprint density at radius 3 is 3.10 bits per heavy atom. The number of furan rings is 1. The second-order valence-electron chi connectivity index (χ2n) is 5.23. The van der Waals surface area contributed by atoms with Crippen LogP contribution in [-0.2, 0) is 6.42 Å². The van der Waals surface area contributed by atoms with Crippen LogP contribution in [0.2, 0.25) is 0 Å². The maximum atomic E-state index is 12.3. The summed E-state index contributed by atoms with van der Waals surface area (Å²) in [6, 6.07) is 5.69. The van der Waals surface area contributed by atoms with E-state index in [2.05, 4.69) is 10.1 Å². The molecule has 0 amide bonds. The van der Waals surface area contributed by atoms with Gasteiger partial charge in [0.2, 0.25) is 0 Å². The summed E-state index contributed by atoms with van der Waals surface area (Å²) < 4.78 is 7.11. The standard InChI is InChI=1S/C15H13N3O2/c1-9-5-15-16-12-6-10(14-3-2-4-20-14)7-13(19)11(12)8-18(15)17-9/h2-5,8,10H,6-7H2,1H3. The highest BCUT2D eigenvalue weighted by Gasteiger charge is 2.29. The summed E-state index contributed by atoms with van der Waals surface area (Å²) in [5.74, 6) is 1.05. The van der Waals surface area contributed by atoms with Crippen molar-refractivity contribution in [3.05, 3.63) is 53.4 Å². The third kappa shape index (κ3) is 1.66. The SMILES string of the molecule is Cc1cc2nc3c(cn2n1)C(=O)CC(c1ccco1)C3. The zero-order valence-electron chi connectivity index (χ0n) is 11.0. The van der Waals surface area contributed by atoms with E-state index in [0.717, 1.165) is 29.2 Å². The Bertz CT molecular complexity index is 802. The highest BCUT2D eigenvalue weighted by molar-refractivity contribution is 5.98. The van der Waals surface area contributed by atoms with Gasteiger partial charge < -0.3 is 4.42 Å². The first-order valence-electron chi connectivity index (χ1n) is 6.63. The molecule has 0 aliphatic heterocycles. The van der Waals surface area contributed by atoms with Crippen LogP contribution in [-0.4, -0.2) is 20.4 Å². The molecule has 0 saturated heterocycles. The molecule has 5 heteroatoms. The fourth-order valence-electron chi connectivity index (χ4n) is 2.83. The molecule has 0 spiro atoms. The Labute approximate surface area is 115 Å². The number of carbonyl (C=O) groups excluding carboxylic acids is 1. The first-order chi connectivity index (χ1) is 9.70. The zero-order chi connectivity index (χ0) is 13.7. The van der Waals surface area contributed by atoms with E-state index < -0.39 is 0 Å². The van der Waals surface area contributed by atoms with Crippen LogP contribution in [0.3, 0.4) is 0 Å². The molecule has 1 aliphatic carbocycles. The van der Waals surface area contributed by atoms with E-state index >= 15 is 0 Å². The summed E-state index contributed by atoms with van der Waals surface area (Å²) in [7, 11) is 0. The number of Topliss-reactive ketones (excluding diaryl/α,β-unsaturated/α-hetero) is 1. The Hall–Kier alpha value is -2.43. The van der Waals surface area contributed by atoms with Crippen molar-refractivity contribution in [1.82, 2.24) is 14.6 Å². The van der Waals surface area contributed by atoms with Crippen LogP contribution in [0.5, 0.6) is 0 Å². The molecule has 3 aromatic heterocycles. The minimum absolute atomic E-state index is 0.0870. The molecule has 1 atom stereocenters. The maximum Gasteiger partial charge on any atom is 0.167 e. The first kappa shape index (κ1) is 11.4. The molecule has 0 aromatic carbocycles. The van der Waals surface area contributed by atoms with E-state index in [9.17, 15) is 4.79 Å². The lowest BCUT2D eigenvalue weighted by Crippen LogP contribution is -2.20. The van der Waals surface area contributed by atoms with Crippen molar-refractivity contribution in [3.63, 3.8) is 0 Å². The third-order valence-corrected chi connectivity index (χ3v) is 3.77. The minimum Gasteiger partial charge on any atom is -0.469 e. The maximum absolute atomic E-state index is 12.3. The normalized spacial score (nSPS) is 18.4. The van der Waals surface area contributed by atoms with E-state index in [4.69, 9.17) is 4.42 Å². The molecule has 20 heavy (non-hydrogen) atoms. The number of nitrogens with zero attached hydrogens (tertiary/aromatic N) is 3. The quantitative estimate of drug-likeness (QED) is 0.679. The second kappa shape index (κ2) is 4.03. The third-order valence-electron chi connectivity index (χ3n) is 3.77. The number of ketones is 1. The van der Waals surface area contributed by atoms with Crippen LogP contribution < -0.4 is 0 Å². The van der Waals surface area contributed by atoms with Crippen molar-refractivity contribution < 1.29 is 9.21 Å². The lowest BCUT2D eigenvalue weighted by molar-refractivity contribution is 0.0958. The van der Waals surface area contributed by atoms with Crippen LogP contribution >= 0.6 is 0 Å². The number of hydrogen-bond donors (Lipinski definition) is 0. The summed E-state index contributed by atoms with van der Waals surface area (Å²) in [5, 5.41) is 4.31. The molecule has 5 nitrogen and oxygen atoms in total. The molecule has 0 radical (unpaired) electrons. The number of aryl methyl sites for hydroxylation is 1.